The van der Waals surface area contributed by atoms with Crippen molar-refractivity contribution in [2.75, 3.05) is 0 Å². The molecular formula is C9H12BrCl2NO. The number of hydrogen-bond donors (Lipinski definition) is 2. The Bertz CT molecular complexity index is 307. The molecular weight excluding hydrogens is 289 g/mol. The Morgan fingerprint density at radius 2 is 2.07 bits per heavy atom. The maximum atomic E-state index is 9.26. The lowest BCUT2D eigenvalue weighted by atomic mass is 10.0. The second-order valence-electron chi connectivity index (χ2n) is 2.94. The zero-order valence-corrected chi connectivity index (χ0v) is 10.7. The third kappa shape index (κ3) is 3.41. The highest BCUT2D eigenvalue weighted by atomic mass is 79.9. The van der Waals surface area contributed by atoms with Crippen LogP contribution in [-0.4, -0.2) is 11.2 Å². The van der Waals surface area contributed by atoms with Crippen molar-refractivity contribution in [1.29, 1.82) is 0 Å². The van der Waals surface area contributed by atoms with Crippen LogP contribution >= 0.6 is 39.9 Å². The summed E-state index contributed by atoms with van der Waals surface area (Å²) in [6.07, 6.45) is -0.562. The Hall–Kier alpha value is 0.200. The number of rotatable bonds is 2. The van der Waals surface area contributed by atoms with Gasteiger partial charge < -0.3 is 10.8 Å². The van der Waals surface area contributed by atoms with E-state index in [4.69, 9.17) is 17.3 Å². The van der Waals surface area contributed by atoms with Gasteiger partial charge in [-0.25, -0.2) is 0 Å². The Kier molecular flexibility index (Phi) is 6.02. The molecule has 0 fully saturated rings. The van der Waals surface area contributed by atoms with E-state index in [1.54, 1.807) is 13.0 Å². The predicted octanol–water partition coefficient (Wildman–Crippen LogP) is 2.90. The molecule has 2 atom stereocenters. The van der Waals surface area contributed by atoms with Crippen LogP contribution in [0.1, 0.15) is 18.5 Å². The summed E-state index contributed by atoms with van der Waals surface area (Å²) in [5, 5.41) is 9.90. The Balaban J connectivity index is 0.00000169. The maximum absolute atomic E-state index is 9.26. The molecule has 0 saturated carbocycles. The predicted molar refractivity (Wildman–Crippen MR) is 65.0 cm³/mol. The van der Waals surface area contributed by atoms with E-state index in [2.05, 4.69) is 15.9 Å². The zero-order chi connectivity index (χ0) is 10.0. The van der Waals surface area contributed by atoms with Crippen LogP contribution in [0.25, 0.3) is 0 Å². The summed E-state index contributed by atoms with van der Waals surface area (Å²) in [4.78, 5) is 0. The van der Waals surface area contributed by atoms with Crippen molar-refractivity contribution in [2.24, 2.45) is 5.73 Å². The first-order valence-electron chi connectivity index (χ1n) is 3.91. The molecule has 1 rings (SSSR count). The molecule has 80 valence electrons. The van der Waals surface area contributed by atoms with Crippen molar-refractivity contribution < 1.29 is 5.11 Å². The van der Waals surface area contributed by atoms with Crippen molar-refractivity contribution in [3.8, 4) is 0 Å². The van der Waals surface area contributed by atoms with Gasteiger partial charge >= 0.3 is 0 Å². The molecule has 0 spiro atoms. The first kappa shape index (κ1) is 14.2. The van der Waals surface area contributed by atoms with Gasteiger partial charge in [0.2, 0.25) is 0 Å². The van der Waals surface area contributed by atoms with E-state index in [1.807, 2.05) is 12.1 Å². The largest absolute Gasteiger partial charge is 0.391 e. The molecule has 14 heavy (non-hydrogen) atoms. The third-order valence-corrected chi connectivity index (χ3v) is 3.06. The second kappa shape index (κ2) is 5.93. The minimum atomic E-state index is -0.562. The van der Waals surface area contributed by atoms with Crippen LogP contribution < -0.4 is 5.73 Å². The summed E-state index contributed by atoms with van der Waals surface area (Å²) in [6.45, 7) is 1.66. The van der Waals surface area contributed by atoms with Gasteiger partial charge in [-0.15, -0.1) is 12.4 Å². The van der Waals surface area contributed by atoms with Crippen LogP contribution in [0.3, 0.4) is 0 Å². The molecule has 0 amide bonds. The van der Waals surface area contributed by atoms with Crippen LogP contribution in [0.2, 0.25) is 5.02 Å². The number of halogens is 3. The lowest BCUT2D eigenvalue weighted by molar-refractivity contribution is 0.164. The number of benzene rings is 1. The van der Waals surface area contributed by atoms with Crippen molar-refractivity contribution in [2.45, 2.75) is 19.1 Å². The van der Waals surface area contributed by atoms with Gasteiger partial charge in [0.1, 0.15) is 0 Å². The molecule has 3 N–H and O–H groups in total. The molecule has 2 nitrogen and oxygen atoms in total. The van der Waals surface area contributed by atoms with Crippen molar-refractivity contribution in [1.82, 2.24) is 0 Å². The quantitative estimate of drug-likeness (QED) is 0.882. The summed E-state index contributed by atoms with van der Waals surface area (Å²) >= 11 is 9.11. The molecule has 0 aliphatic heterocycles. The average Bonchev–Trinajstić information content (AvgIpc) is 2.08. The van der Waals surface area contributed by atoms with E-state index in [-0.39, 0.29) is 18.4 Å². The molecule has 0 bridgehead atoms. The summed E-state index contributed by atoms with van der Waals surface area (Å²) in [6, 6.07) is 5.02. The van der Waals surface area contributed by atoms with Crippen LogP contribution in [0.5, 0.6) is 0 Å². The van der Waals surface area contributed by atoms with Crippen molar-refractivity contribution in [3.05, 3.63) is 33.3 Å². The molecule has 0 aliphatic rings. The van der Waals surface area contributed by atoms with E-state index in [0.29, 0.717) is 5.02 Å². The van der Waals surface area contributed by atoms with Gasteiger partial charge in [-0.1, -0.05) is 17.7 Å². The molecule has 0 radical (unpaired) electrons. The SMILES string of the molecule is C[C@H](O)[C@H](N)c1ccc(Cl)c(Br)c1.Cl. The van der Waals surface area contributed by atoms with Crippen LogP contribution in [0, 0.1) is 0 Å². The summed E-state index contributed by atoms with van der Waals surface area (Å²) in [7, 11) is 0. The Morgan fingerprint density at radius 1 is 1.50 bits per heavy atom. The zero-order valence-electron chi connectivity index (χ0n) is 7.58. The fraction of sp³-hybridized carbons (Fsp3) is 0.333. The average molecular weight is 301 g/mol. The number of hydrogen-bond acceptors (Lipinski definition) is 2. The molecule has 0 heterocycles. The first-order chi connectivity index (χ1) is 6.02. The lowest BCUT2D eigenvalue weighted by Crippen LogP contribution is -2.23. The highest BCUT2D eigenvalue weighted by Crippen LogP contribution is 2.26. The fourth-order valence-electron chi connectivity index (χ4n) is 0.998. The number of nitrogens with two attached hydrogens (primary N) is 1. The van der Waals surface area contributed by atoms with E-state index in [9.17, 15) is 5.11 Å². The third-order valence-electron chi connectivity index (χ3n) is 1.85. The topological polar surface area (TPSA) is 46.2 Å². The van der Waals surface area contributed by atoms with Gasteiger partial charge in [-0.3, -0.25) is 0 Å². The highest BCUT2D eigenvalue weighted by Gasteiger charge is 2.12. The van der Waals surface area contributed by atoms with Crippen LogP contribution in [0.4, 0.5) is 0 Å². The van der Waals surface area contributed by atoms with E-state index in [1.165, 1.54) is 0 Å². The normalized spacial score (nSPS) is 14.4. The molecule has 1 aromatic carbocycles. The molecule has 0 aliphatic carbocycles. The van der Waals surface area contributed by atoms with Gasteiger partial charge in [0.25, 0.3) is 0 Å². The number of aliphatic hydroxyl groups excluding tert-OH is 1. The molecule has 1 aromatic rings. The van der Waals surface area contributed by atoms with Gasteiger partial charge in [0.05, 0.1) is 17.2 Å². The summed E-state index contributed by atoms with van der Waals surface area (Å²) < 4.78 is 0.794. The fourth-order valence-corrected chi connectivity index (χ4v) is 1.51. The molecule has 0 aromatic heterocycles. The van der Waals surface area contributed by atoms with Crippen molar-refractivity contribution >= 4 is 39.9 Å². The minimum absolute atomic E-state index is 0. The van der Waals surface area contributed by atoms with Crippen LogP contribution in [0.15, 0.2) is 22.7 Å². The molecule has 0 saturated heterocycles. The second-order valence-corrected chi connectivity index (χ2v) is 4.20. The van der Waals surface area contributed by atoms with Gasteiger partial charge in [-0.05, 0) is 40.5 Å². The lowest BCUT2D eigenvalue weighted by Gasteiger charge is -2.15. The van der Waals surface area contributed by atoms with E-state index >= 15 is 0 Å². The Labute approximate surface area is 103 Å². The molecule has 0 unspecified atom stereocenters. The van der Waals surface area contributed by atoms with E-state index in [0.717, 1.165) is 10.0 Å². The summed E-state index contributed by atoms with van der Waals surface area (Å²) in [5.74, 6) is 0. The minimum Gasteiger partial charge on any atom is -0.391 e. The van der Waals surface area contributed by atoms with E-state index < -0.39 is 6.10 Å². The van der Waals surface area contributed by atoms with Crippen molar-refractivity contribution in [3.63, 3.8) is 0 Å². The monoisotopic (exact) mass is 299 g/mol. The first-order valence-corrected chi connectivity index (χ1v) is 5.08. The maximum Gasteiger partial charge on any atom is 0.0704 e. The van der Waals surface area contributed by atoms with Gasteiger partial charge in [0, 0.05) is 4.47 Å². The molecule has 5 heteroatoms. The van der Waals surface area contributed by atoms with Gasteiger partial charge in [-0.2, -0.15) is 0 Å². The Morgan fingerprint density at radius 3 is 2.50 bits per heavy atom. The highest BCUT2D eigenvalue weighted by molar-refractivity contribution is 9.10. The van der Waals surface area contributed by atoms with Gasteiger partial charge in [0.15, 0.2) is 0 Å². The summed E-state index contributed by atoms with van der Waals surface area (Å²) in [5.41, 5.74) is 6.61. The standard InChI is InChI=1S/C9H11BrClNO.ClH/c1-5(13)9(12)6-2-3-8(11)7(10)4-6;/h2-5,9,13H,12H2,1H3;1H/t5-,9-;/m0./s1. The smallest absolute Gasteiger partial charge is 0.0704 e. The van der Waals surface area contributed by atoms with Crippen LogP contribution in [-0.2, 0) is 0 Å². The number of aliphatic hydroxyl groups is 1.